The Kier molecular flexibility index (Phi) is 4.40. The fraction of sp³-hybridized carbons (Fsp3) is 0. The van der Waals surface area contributed by atoms with E-state index in [0.717, 1.165) is 5.69 Å². The summed E-state index contributed by atoms with van der Waals surface area (Å²) in [6.45, 7) is 0. The molecule has 11 heavy (non-hydrogen) atoms. The Hall–Kier alpha value is -1.64. The molecule has 1 aromatic carbocycles. The summed E-state index contributed by atoms with van der Waals surface area (Å²) in [6, 6.07) is 9.20. The van der Waals surface area contributed by atoms with Gasteiger partial charge >= 0.3 is 0 Å². The van der Waals surface area contributed by atoms with Gasteiger partial charge < -0.3 is 5.48 Å². The van der Waals surface area contributed by atoms with Crippen LogP contribution in [-0.4, -0.2) is 11.6 Å². The highest BCUT2D eigenvalue weighted by Gasteiger charge is 1.82. The zero-order valence-corrected chi connectivity index (χ0v) is 5.74. The van der Waals surface area contributed by atoms with Crippen molar-refractivity contribution in [3.05, 3.63) is 30.3 Å². The van der Waals surface area contributed by atoms with E-state index in [1.807, 2.05) is 18.2 Å². The molecule has 0 aliphatic rings. The average molecular weight is 152 g/mol. The first-order valence-corrected chi connectivity index (χ1v) is 2.81. The summed E-state index contributed by atoms with van der Waals surface area (Å²) in [7, 11) is 0. The number of para-hydroxylation sites is 1. The number of rotatable bonds is 2. The lowest BCUT2D eigenvalue weighted by atomic mass is 10.3. The number of carbonyl (C=O) groups excluding carboxylic acids is 1. The minimum absolute atomic E-state index is 0. The van der Waals surface area contributed by atoms with Crippen LogP contribution in [0.4, 0.5) is 5.69 Å². The van der Waals surface area contributed by atoms with Crippen molar-refractivity contribution in [2.24, 2.45) is 5.10 Å². The minimum atomic E-state index is 0. The van der Waals surface area contributed by atoms with E-state index in [0.29, 0.717) is 0 Å². The molecular weight excluding hydrogens is 144 g/mol. The lowest BCUT2D eigenvalue weighted by Gasteiger charge is -1.93. The molecule has 4 nitrogen and oxygen atoms in total. The van der Waals surface area contributed by atoms with E-state index in [4.69, 9.17) is 0 Å². The fourth-order valence-corrected chi connectivity index (χ4v) is 0.600. The molecule has 0 spiro atoms. The standard InChI is InChI=1S/C7H6N2O.H2O/c10-6-8-9-7-4-2-1-3-5-7;/h1-5,9H;1H2. The molecule has 1 aromatic rings. The van der Waals surface area contributed by atoms with Crippen LogP contribution in [0, 0.1) is 0 Å². The quantitative estimate of drug-likeness (QED) is 0.381. The molecule has 0 atom stereocenters. The van der Waals surface area contributed by atoms with Crippen LogP contribution in [0.2, 0.25) is 0 Å². The molecule has 0 saturated heterocycles. The Morgan fingerprint density at radius 1 is 1.27 bits per heavy atom. The van der Waals surface area contributed by atoms with E-state index in [9.17, 15) is 4.79 Å². The summed E-state index contributed by atoms with van der Waals surface area (Å²) in [4.78, 5) is 9.62. The second-order valence-electron chi connectivity index (χ2n) is 1.68. The summed E-state index contributed by atoms with van der Waals surface area (Å²) in [5.74, 6) is 0. The first-order valence-electron chi connectivity index (χ1n) is 2.81. The van der Waals surface area contributed by atoms with Gasteiger partial charge in [0.05, 0.1) is 5.69 Å². The van der Waals surface area contributed by atoms with E-state index in [2.05, 4.69) is 10.5 Å². The second kappa shape index (κ2) is 5.17. The number of nitrogens with one attached hydrogen (secondary N) is 1. The largest absolute Gasteiger partial charge is 0.412 e. The highest BCUT2D eigenvalue weighted by atomic mass is 16.1. The highest BCUT2D eigenvalue weighted by molar-refractivity contribution is 5.45. The van der Waals surface area contributed by atoms with Gasteiger partial charge in [-0.2, -0.15) is 0 Å². The van der Waals surface area contributed by atoms with Gasteiger partial charge in [0.25, 0.3) is 6.08 Å². The van der Waals surface area contributed by atoms with Crippen LogP contribution >= 0.6 is 0 Å². The zero-order valence-electron chi connectivity index (χ0n) is 5.74. The molecule has 4 heteroatoms. The second-order valence-corrected chi connectivity index (χ2v) is 1.68. The van der Waals surface area contributed by atoms with E-state index >= 15 is 0 Å². The van der Waals surface area contributed by atoms with Gasteiger partial charge in [0.2, 0.25) is 0 Å². The molecular formula is C7H8N2O2. The van der Waals surface area contributed by atoms with Crippen LogP contribution in [0.5, 0.6) is 0 Å². The number of isocyanates is 1. The number of anilines is 1. The number of hydrogen-bond acceptors (Lipinski definition) is 3. The topological polar surface area (TPSA) is 73.0 Å². The third kappa shape index (κ3) is 3.15. The predicted molar refractivity (Wildman–Crippen MR) is 41.8 cm³/mol. The van der Waals surface area contributed by atoms with Crippen LogP contribution in [0.1, 0.15) is 0 Å². The van der Waals surface area contributed by atoms with Gasteiger partial charge in [0, 0.05) is 0 Å². The minimum Gasteiger partial charge on any atom is -0.412 e. The number of benzene rings is 1. The van der Waals surface area contributed by atoms with Crippen LogP contribution in [0.15, 0.2) is 35.4 Å². The van der Waals surface area contributed by atoms with Gasteiger partial charge in [-0.05, 0) is 12.1 Å². The van der Waals surface area contributed by atoms with Gasteiger partial charge in [-0.1, -0.05) is 23.3 Å². The Morgan fingerprint density at radius 2 is 1.91 bits per heavy atom. The van der Waals surface area contributed by atoms with Gasteiger partial charge in [-0.3, -0.25) is 5.43 Å². The van der Waals surface area contributed by atoms with Crippen LogP contribution < -0.4 is 5.43 Å². The summed E-state index contributed by atoms with van der Waals surface area (Å²) in [5, 5.41) is 3.19. The van der Waals surface area contributed by atoms with E-state index in [1.165, 1.54) is 6.08 Å². The first kappa shape index (κ1) is 9.36. The van der Waals surface area contributed by atoms with E-state index in [1.54, 1.807) is 12.1 Å². The lowest BCUT2D eigenvalue weighted by molar-refractivity contribution is 0.564. The normalized spacial score (nSPS) is 7.27. The molecule has 0 radical (unpaired) electrons. The molecule has 0 amide bonds. The van der Waals surface area contributed by atoms with E-state index < -0.39 is 0 Å². The number of nitrogens with zero attached hydrogens (tertiary/aromatic N) is 1. The third-order valence-corrected chi connectivity index (χ3v) is 1.00. The van der Waals surface area contributed by atoms with Crippen molar-refractivity contribution in [1.29, 1.82) is 0 Å². The molecule has 0 aromatic heterocycles. The van der Waals surface area contributed by atoms with Crippen molar-refractivity contribution in [1.82, 2.24) is 0 Å². The fourth-order valence-electron chi connectivity index (χ4n) is 0.600. The van der Waals surface area contributed by atoms with Crippen molar-refractivity contribution < 1.29 is 10.3 Å². The molecule has 0 bridgehead atoms. The smallest absolute Gasteiger partial charge is 0.258 e. The molecule has 0 fully saturated rings. The molecule has 1 rings (SSSR count). The SMILES string of the molecule is O.O=C=NNc1ccccc1. The van der Waals surface area contributed by atoms with Crippen molar-refractivity contribution in [3.8, 4) is 0 Å². The van der Waals surface area contributed by atoms with Gasteiger partial charge in [0.15, 0.2) is 0 Å². The predicted octanol–water partition coefficient (Wildman–Crippen LogP) is 0.525. The summed E-state index contributed by atoms with van der Waals surface area (Å²) in [6.07, 6.45) is 1.38. The molecule has 3 N–H and O–H groups in total. The molecule has 0 saturated carbocycles. The van der Waals surface area contributed by atoms with Crippen LogP contribution in [-0.2, 0) is 4.79 Å². The maximum atomic E-state index is 9.62. The maximum Gasteiger partial charge on any atom is 0.258 e. The Bertz CT molecular complexity index is 242. The van der Waals surface area contributed by atoms with Crippen LogP contribution in [0.25, 0.3) is 0 Å². The molecule has 0 aliphatic heterocycles. The van der Waals surface area contributed by atoms with Crippen molar-refractivity contribution >= 4 is 11.8 Å². The van der Waals surface area contributed by atoms with Gasteiger partial charge in [-0.25, -0.2) is 4.79 Å². The monoisotopic (exact) mass is 152 g/mol. The van der Waals surface area contributed by atoms with E-state index in [-0.39, 0.29) is 5.48 Å². The molecule has 58 valence electrons. The average Bonchev–Trinajstić information content (AvgIpc) is 2.03. The number of hydrazone groups is 1. The Labute approximate surface area is 63.9 Å². The molecule has 0 unspecified atom stereocenters. The lowest BCUT2D eigenvalue weighted by Crippen LogP contribution is -1.84. The van der Waals surface area contributed by atoms with Gasteiger partial charge in [0.1, 0.15) is 0 Å². The van der Waals surface area contributed by atoms with Crippen molar-refractivity contribution in [2.45, 2.75) is 0 Å². The Balaban J connectivity index is 0.000001000. The van der Waals surface area contributed by atoms with Crippen LogP contribution in [0.3, 0.4) is 0 Å². The van der Waals surface area contributed by atoms with Crippen molar-refractivity contribution in [3.63, 3.8) is 0 Å². The highest BCUT2D eigenvalue weighted by Crippen LogP contribution is 2.03. The third-order valence-electron chi connectivity index (χ3n) is 1.00. The summed E-state index contributed by atoms with van der Waals surface area (Å²) >= 11 is 0. The number of hydrogen-bond donors (Lipinski definition) is 1. The first-order chi connectivity index (χ1) is 4.93. The van der Waals surface area contributed by atoms with Gasteiger partial charge in [-0.15, -0.1) is 0 Å². The maximum absolute atomic E-state index is 9.62. The summed E-state index contributed by atoms with van der Waals surface area (Å²) < 4.78 is 0. The summed E-state index contributed by atoms with van der Waals surface area (Å²) in [5.41, 5.74) is 3.28. The molecule has 0 aliphatic carbocycles. The zero-order chi connectivity index (χ0) is 7.23. The van der Waals surface area contributed by atoms with Crippen molar-refractivity contribution in [2.75, 3.05) is 5.43 Å². The Morgan fingerprint density at radius 3 is 2.45 bits per heavy atom. The molecule has 0 heterocycles.